The third-order valence-corrected chi connectivity index (χ3v) is 6.47. The zero-order valence-electron chi connectivity index (χ0n) is 18.8. The van der Waals surface area contributed by atoms with Crippen molar-refractivity contribution in [3.63, 3.8) is 0 Å². The van der Waals surface area contributed by atoms with Crippen LogP contribution in [0, 0.1) is 12.7 Å². The van der Waals surface area contributed by atoms with Gasteiger partial charge in [0.1, 0.15) is 11.4 Å². The van der Waals surface area contributed by atoms with E-state index in [4.69, 9.17) is 9.47 Å². The number of halogens is 1. The van der Waals surface area contributed by atoms with Crippen LogP contribution >= 0.6 is 0 Å². The van der Waals surface area contributed by atoms with Gasteiger partial charge in [-0.2, -0.15) is 0 Å². The molecule has 0 unspecified atom stereocenters. The van der Waals surface area contributed by atoms with Crippen LogP contribution in [0.3, 0.4) is 0 Å². The van der Waals surface area contributed by atoms with Gasteiger partial charge in [-0.1, -0.05) is 42.5 Å². The maximum Gasteiger partial charge on any atom is 0.338 e. The Morgan fingerprint density at radius 2 is 1.91 bits per heavy atom. The van der Waals surface area contributed by atoms with Crippen molar-refractivity contribution in [2.75, 3.05) is 26.3 Å². The molecule has 2 aromatic carbocycles. The summed E-state index contributed by atoms with van der Waals surface area (Å²) in [6, 6.07) is 15.4. The molecule has 0 radical (unpaired) electrons. The van der Waals surface area contributed by atoms with Crippen LogP contribution in [0.25, 0.3) is 0 Å². The van der Waals surface area contributed by atoms with Crippen molar-refractivity contribution in [3.8, 4) is 0 Å². The highest BCUT2D eigenvalue weighted by molar-refractivity contribution is 5.92. The first-order valence-corrected chi connectivity index (χ1v) is 11.3. The molecule has 1 spiro atoms. The summed E-state index contributed by atoms with van der Waals surface area (Å²) in [7, 11) is 0. The Hall–Kier alpha value is -2.70. The van der Waals surface area contributed by atoms with Crippen molar-refractivity contribution >= 4 is 5.97 Å². The van der Waals surface area contributed by atoms with E-state index in [2.05, 4.69) is 34.5 Å². The third-order valence-electron chi connectivity index (χ3n) is 6.47. The number of ether oxygens (including phenoxy) is 2. The number of aryl methyl sites for hydroxylation is 1. The number of carbonyl (C=O) groups is 1. The highest BCUT2D eigenvalue weighted by Crippen LogP contribution is 2.40. The average molecular weight is 439 g/mol. The Labute approximate surface area is 189 Å². The Kier molecular flexibility index (Phi) is 6.92. The summed E-state index contributed by atoms with van der Waals surface area (Å²) in [6.07, 6.45) is 1.44. The summed E-state index contributed by atoms with van der Waals surface area (Å²) in [6.45, 7) is 7.14. The summed E-state index contributed by atoms with van der Waals surface area (Å²) in [5, 5.41) is 3.29. The van der Waals surface area contributed by atoms with E-state index < -0.39 is 5.60 Å². The van der Waals surface area contributed by atoms with Gasteiger partial charge in [-0.15, -0.1) is 0 Å². The van der Waals surface area contributed by atoms with Gasteiger partial charge in [-0.3, -0.25) is 4.90 Å². The molecule has 0 aromatic heterocycles. The van der Waals surface area contributed by atoms with Gasteiger partial charge in [0.25, 0.3) is 0 Å². The summed E-state index contributed by atoms with van der Waals surface area (Å²) in [4.78, 5) is 15.3. The van der Waals surface area contributed by atoms with Crippen molar-refractivity contribution < 1.29 is 18.7 Å². The van der Waals surface area contributed by atoms with Gasteiger partial charge in [0.2, 0.25) is 0 Å². The van der Waals surface area contributed by atoms with Gasteiger partial charge in [-0.05, 0) is 43.9 Å². The number of esters is 1. The molecular weight excluding hydrogens is 407 g/mol. The Bertz CT molecular complexity index is 962. The van der Waals surface area contributed by atoms with Crippen LogP contribution in [0.2, 0.25) is 0 Å². The van der Waals surface area contributed by atoms with Crippen molar-refractivity contribution in [3.05, 3.63) is 82.3 Å². The van der Waals surface area contributed by atoms with E-state index in [0.717, 1.165) is 38.0 Å². The molecule has 2 aliphatic heterocycles. The summed E-state index contributed by atoms with van der Waals surface area (Å²) >= 11 is 0. The summed E-state index contributed by atoms with van der Waals surface area (Å²) in [5.74, 6) is -0.590. The van der Waals surface area contributed by atoms with E-state index in [9.17, 15) is 9.18 Å². The molecule has 1 saturated heterocycles. The zero-order valence-corrected chi connectivity index (χ0v) is 18.8. The lowest BCUT2D eigenvalue weighted by Crippen LogP contribution is -2.47. The monoisotopic (exact) mass is 438 g/mol. The maximum absolute atomic E-state index is 14.3. The van der Waals surface area contributed by atoms with Gasteiger partial charge in [-0.25, -0.2) is 9.18 Å². The third kappa shape index (κ3) is 4.71. The predicted octanol–water partition coefficient (Wildman–Crippen LogP) is 4.11. The normalized spacial score (nSPS) is 18.2. The minimum Gasteiger partial charge on any atom is -0.462 e. The SMILES string of the molecule is CCOC(=O)C1=C(NCc2c(C)cccc2F)COC12CCN(Cc1ccccc1)CC2. The van der Waals surface area contributed by atoms with E-state index in [1.807, 2.05) is 19.1 Å². The van der Waals surface area contributed by atoms with Crippen LogP contribution in [-0.4, -0.2) is 42.8 Å². The number of nitrogens with zero attached hydrogens (tertiary/aromatic N) is 1. The highest BCUT2D eigenvalue weighted by atomic mass is 19.1. The topological polar surface area (TPSA) is 50.8 Å². The number of likely N-dealkylation sites (tertiary alicyclic amines) is 1. The number of rotatable bonds is 7. The zero-order chi connectivity index (χ0) is 22.6. The van der Waals surface area contributed by atoms with E-state index in [0.29, 0.717) is 36.6 Å². The highest BCUT2D eigenvalue weighted by Gasteiger charge is 2.48. The molecule has 0 bridgehead atoms. The van der Waals surface area contributed by atoms with Crippen LogP contribution in [0.5, 0.6) is 0 Å². The Morgan fingerprint density at radius 1 is 1.16 bits per heavy atom. The molecule has 0 atom stereocenters. The molecule has 2 aromatic rings. The average Bonchev–Trinajstić information content (AvgIpc) is 3.14. The molecule has 2 aliphatic rings. The van der Waals surface area contributed by atoms with E-state index in [-0.39, 0.29) is 11.8 Å². The number of hydrogen-bond acceptors (Lipinski definition) is 5. The second kappa shape index (κ2) is 9.84. The van der Waals surface area contributed by atoms with Gasteiger partial charge in [0.15, 0.2) is 0 Å². The van der Waals surface area contributed by atoms with Gasteiger partial charge < -0.3 is 14.8 Å². The smallest absolute Gasteiger partial charge is 0.338 e. The molecule has 0 saturated carbocycles. The summed E-state index contributed by atoms with van der Waals surface area (Å²) < 4.78 is 26.0. The quantitative estimate of drug-likeness (QED) is 0.660. The van der Waals surface area contributed by atoms with Crippen LogP contribution < -0.4 is 5.32 Å². The first-order valence-electron chi connectivity index (χ1n) is 11.3. The van der Waals surface area contributed by atoms with E-state index in [1.165, 1.54) is 11.6 Å². The van der Waals surface area contributed by atoms with Crippen molar-refractivity contribution in [1.82, 2.24) is 10.2 Å². The lowest BCUT2D eigenvalue weighted by Gasteiger charge is -2.39. The first kappa shape index (κ1) is 22.5. The molecule has 2 heterocycles. The van der Waals surface area contributed by atoms with E-state index >= 15 is 0 Å². The number of carbonyl (C=O) groups excluding carboxylic acids is 1. The van der Waals surface area contributed by atoms with Crippen molar-refractivity contribution in [1.29, 1.82) is 0 Å². The molecular formula is C26H31FN2O3. The predicted molar refractivity (Wildman–Crippen MR) is 121 cm³/mol. The van der Waals surface area contributed by atoms with Crippen LogP contribution in [0.4, 0.5) is 4.39 Å². The van der Waals surface area contributed by atoms with E-state index in [1.54, 1.807) is 13.0 Å². The fourth-order valence-electron chi connectivity index (χ4n) is 4.68. The van der Waals surface area contributed by atoms with Crippen LogP contribution in [-0.2, 0) is 27.4 Å². The lowest BCUT2D eigenvalue weighted by molar-refractivity contribution is -0.142. The number of hydrogen-bond donors (Lipinski definition) is 1. The molecule has 170 valence electrons. The molecule has 0 aliphatic carbocycles. The molecule has 1 N–H and O–H groups in total. The van der Waals surface area contributed by atoms with Crippen molar-refractivity contribution in [2.45, 2.75) is 45.4 Å². The fourth-order valence-corrected chi connectivity index (χ4v) is 4.68. The maximum atomic E-state index is 14.3. The standard InChI is InChI=1S/C26H31FN2O3/c1-3-31-25(30)24-23(28-16-21-19(2)8-7-11-22(21)27)18-32-26(24)12-14-29(15-13-26)17-20-9-5-4-6-10-20/h4-11,28H,3,12-18H2,1-2H3. The fraction of sp³-hybridized carbons (Fsp3) is 0.423. The lowest BCUT2D eigenvalue weighted by atomic mass is 9.84. The summed E-state index contributed by atoms with van der Waals surface area (Å²) in [5.41, 5.74) is 3.39. The minimum atomic E-state index is -0.647. The van der Waals surface area contributed by atoms with Crippen molar-refractivity contribution in [2.24, 2.45) is 0 Å². The van der Waals surface area contributed by atoms with Gasteiger partial charge in [0.05, 0.1) is 24.5 Å². The molecule has 1 fully saturated rings. The van der Waals surface area contributed by atoms with Crippen LogP contribution in [0.1, 0.15) is 36.5 Å². The minimum absolute atomic E-state index is 0.251. The molecule has 32 heavy (non-hydrogen) atoms. The largest absolute Gasteiger partial charge is 0.462 e. The van der Waals surface area contributed by atoms with Gasteiger partial charge in [0, 0.05) is 31.7 Å². The second-order valence-electron chi connectivity index (χ2n) is 8.51. The van der Waals surface area contributed by atoms with Gasteiger partial charge >= 0.3 is 5.97 Å². The molecule has 4 rings (SSSR count). The molecule has 5 nitrogen and oxygen atoms in total. The number of piperidine rings is 1. The van der Waals surface area contributed by atoms with Crippen LogP contribution in [0.15, 0.2) is 59.8 Å². The number of nitrogens with one attached hydrogen (secondary N) is 1. The Balaban J connectivity index is 1.50. The molecule has 6 heteroatoms. The number of benzene rings is 2. The Morgan fingerprint density at radius 3 is 2.59 bits per heavy atom. The molecule has 0 amide bonds. The second-order valence-corrected chi connectivity index (χ2v) is 8.51. The first-order chi connectivity index (χ1) is 15.5.